The molecule has 1 saturated heterocycles. The monoisotopic (exact) mass is 278 g/mol. The Morgan fingerprint density at radius 1 is 1.50 bits per heavy atom. The van der Waals surface area contributed by atoms with Gasteiger partial charge >= 0.3 is 5.97 Å². The average molecular weight is 278 g/mol. The number of hydrogen-bond donors (Lipinski definition) is 0. The molecule has 2 nitrogen and oxygen atoms in total. The maximum atomic E-state index is 11.2. The minimum Gasteiger partial charge on any atom is -0.465 e. The molecule has 2 rings (SSSR count). The van der Waals surface area contributed by atoms with Crippen molar-refractivity contribution in [3.05, 3.63) is 9.15 Å². The van der Waals surface area contributed by atoms with Gasteiger partial charge in [-0.1, -0.05) is 5.57 Å². The molecule has 0 amide bonds. The molecule has 0 bridgehead atoms. The summed E-state index contributed by atoms with van der Waals surface area (Å²) in [6.45, 7) is 2.76. The maximum absolute atomic E-state index is 11.2. The van der Waals surface area contributed by atoms with Crippen LogP contribution in [-0.2, 0) is 9.53 Å². The molecule has 3 heteroatoms. The van der Waals surface area contributed by atoms with Crippen molar-refractivity contribution < 1.29 is 9.53 Å². The lowest BCUT2D eigenvalue weighted by molar-refractivity contribution is -0.141. The predicted molar refractivity (Wildman–Crippen MR) is 53.9 cm³/mol. The molecule has 0 aromatic heterocycles. The summed E-state index contributed by atoms with van der Waals surface area (Å²) in [5, 5.41) is 0. The summed E-state index contributed by atoms with van der Waals surface area (Å²) in [7, 11) is 0. The van der Waals surface area contributed by atoms with E-state index in [2.05, 4.69) is 29.5 Å². The van der Waals surface area contributed by atoms with Crippen LogP contribution in [0.5, 0.6) is 0 Å². The van der Waals surface area contributed by atoms with Crippen molar-refractivity contribution in [2.75, 3.05) is 6.61 Å². The van der Waals surface area contributed by atoms with E-state index in [1.54, 1.807) is 0 Å². The standard InChI is InChI=1S/C9H11IO2/c1-5-2-3-6-7(8(5)10)4-12-9(6)11/h6-7H,2-4H2,1H3/t6-,7-/m0/s1. The number of rotatable bonds is 0. The van der Waals surface area contributed by atoms with Crippen molar-refractivity contribution in [2.24, 2.45) is 11.8 Å². The first kappa shape index (κ1) is 8.53. The molecule has 1 fully saturated rings. The molecule has 0 N–H and O–H groups in total. The molecule has 0 spiro atoms. The van der Waals surface area contributed by atoms with Gasteiger partial charge in [-0.05, 0) is 45.9 Å². The Kier molecular flexibility index (Phi) is 2.14. The fourth-order valence-corrected chi connectivity index (χ4v) is 2.82. The number of hydrogen-bond acceptors (Lipinski definition) is 2. The van der Waals surface area contributed by atoms with Gasteiger partial charge in [0.15, 0.2) is 0 Å². The lowest BCUT2D eigenvalue weighted by Crippen LogP contribution is -2.20. The van der Waals surface area contributed by atoms with Crippen LogP contribution >= 0.6 is 22.6 Å². The van der Waals surface area contributed by atoms with Crippen molar-refractivity contribution in [1.29, 1.82) is 0 Å². The highest BCUT2D eigenvalue weighted by atomic mass is 127. The van der Waals surface area contributed by atoms with Crippen LogP contribution in [0, 0.1) is 11.8 Å². The van der Waals surface area contributed by atoms with Crippen molar-refractivity contribution in [2.45, 2.75) is 19.8 Å². The van der Waals surface area contributed by atoms with Crippen LogP contribution in [-0.4, -0.2) is 12.6 Å². The molecule has 0 radical (unpaired) electrons. The largest absolute Gasteiger partial charge is 0.465 e. The smallest absolute Gasteiger partial charge is 0.309 e. The Balaban J connectivity index is 2.29. The summed E-state index contributed by atoms with van der Waals surface area (Å²) in [6, 6.07) is 0. The summed E-state index contributed by atoms with van der Waals surface area (Å²) >= 11 is 2.36. The molecule has 0 saturated carbocycles. The number of carbonyl (C=O) groups excluding carboxylic acids is 1. The van der Waals surface area contributed by atoms with Gasteiger partial charge in [0.25, 0.3) is 0 Å². The van der Waals surface area contributed by atoms with E-state index in [0.717, 1.165) is 12.8 Å². The third-order valence-electron chi connectivity index (χ3n) is 2.76. The zero-order valence-electron chi connectivity index (χ0n) is 6.97. The Hall–Kier alpha value is -0.0600. The zero-order valence-corrected chi connectivity index (χ0v) is 9.13. The second kappa shape index (κ2) is 3.01. The molecule has 66 valence electrons. The number of ether oxygens (including phenoxy) is 1. The van der Waals surface area contributed by atoms with E-state index in [9.17, 15) is 4.79 Å². The molecule has 1 aliphatic heterocycles. The summed E-state index contributed by atoms with van der Waals surface area (Å²) < 4.78 is 6.40. The van der Waals surface area contributed by atoms with Crippen molar-refractivity contribution >= 4 is 28.6 Å². The van der Waals surface area contributed by atoms with Gasteiger partial charge in [-0.15, -0.1) is 0 Å². The molecule has 1 aliphatic carbocycles. The van der Waals surface area contributed by atoms with Crippen LogP contribution in [0.4, 0.5) is 0 Å². The van der Waals surface area contributed by atoms with Gasteiger partial charge in [-0.3, -0.25) is 4.79 Å². The van der Waals surface area contributed by atoms with Crippen LogP contribution < -0.4 is 0 Å². The van der Waals surface area contributed by atoms with E-state index in [4.69, 9.17) is 4.74 Å². The van der Waals surface area contributed by atoms with E-state index in [-0.39, 0.29) is 11.9 Å². The molecule has 0 aromatic rings. The Bertz CT molecular complexity index is 257. The SMILES string of the molecule is CC1=C(I)[C@H]2COC(=O)[C@H]2CC1. The fraction of sp³-hybridized carbons (Fsp3) is 0.667. The Labute approximate surface area is 85.5 Å². The van der Waals surface area contributed by atoms with Crippen LogP contribution in [0.15, 0.2) is 9.15 Å². The summed E-state index contributed by atoms with van der Waals surface area (Å²) in [5.74, 6) is 0.564. The van der Waals surface area contributed by atoms with Crippen LogP contribution in [0.25, 0.3) is 0 Å². The van der Waals surface area contributed by atoms with E-state index in [1.165, 1.54) is 9.15 Å². The minimum atomic E-state index is 0.0154. The Morgan fingerprint density at radius 2 is 2.25 bits per heavy atom. The van der Waals surface area contributed by atoms with Gasteiger partial charge in [0.05, 0.1) is 12.5 Å². The highest BCUT2D eigenvalue weighted by Crippen LogP contribution is 2.42. The number of esters is 1. The summed E-state index contributed by atoms with van der Waals surface area (Å²) in [6.07, 6.45) is 2.05. The highest BCUT2D eigenvalue weighted by molar-refractivity contribution is 14.1. The van der Waals surface area contributed by atoms with E-state index in [1.807, 2.05) is 0 Å². The van der Waals surface area contributed by atoms with Crippen LogP contribution in [0.3, 0.4) is 0 Å². The topological polar surface area (TPSA) is 26.3 Å². The normalized spacial score (nSPS) is 35.0. The number of cyclic esters (lactones) is 1. The summed E-state index contributed by atoms with van der Waals surface area (Å²) in [4.78, 5) is 11.2. The second-order valence-electron chi connectivity index (χ2n) is 3.51. The maximum Gasteiger partial charge on any atom is 0.309 e. The average Bonchev–Trinajstić information content (AvgIpc) is 2.41. The number of carbonyl (C=O) groups is 1. The van der Waals surface area contributed by atoms with E-state index < -0.39 is 0 Å². The van der Waals surface area contributed by atoms with Crippen molar-refractivity contribution in [1.82, 2.24) is 0 Å². The third-order valence-corrected chi connectivity index (χ3v) is 4.48. The fourth-order valence-electron chi connectivity index (χ4n) is 1.94. The number of halogens is 1. The lowest BCUT2D eigenvalue weighted by atomic mass is 9.83. The van der Waals surface area contributed by atoms with Gasteiger partial charge in [0.2, 0.25) is 0 Å². The molecule has 0 unspecified atom stereocenters. The molecule has 1 heterocycles. The molecular formula is C9H11IO2. The Morgan fingerprint density at radius 3 is 3.00 bits per heavy atom. The van der Waals surface area contributed by atoms with Gasteiger partial charge in [0.1, 0.15) is 0 Å². The van der Waals surface area contributed by atoms with E-state index in [0.29, 0.717) is 12.5 Å². The quantitative estimate of drug-likeness (QED) is 0.502. The zero-order chi connectivity index (χ0) is 8.72. The molecule has 12 heavy (non-hydrogen) atoms. The lowest BCUT2D eigenvalue weighted by Gasteiger charge is -2.22. The third kappa shape index (κ3) is 1.18. The van der Waals surface area contributed by atoms with Crippen LogP contribution in [0.2, 0.25) is 0 Å². The number of allylic oxidation sites excluding steroid dienone is 1. The van der Waals surface area contributed by atoms with Crippen molar-refractivity contribution in [3.8, 4) is 0 Å². The van der Waals surface area contributed by atoms with Gasteiger partial charge < -0.3 is 4.74 Å². The van der Waals surface area contributed by atoms with Crippen LogP contribution in [0.1, 0.15) is 19.8 Å². The molecule has 2 atom stereocenters. The van der Waals surface area contributed by atoms with Gasteiger partial charge in [-0.25, -0.2) is 0 Å². The van der Waals surface area contributed by atoms with Gasteiger partial charge in [-0.2, -0.15) is 0 Å². The minimum absolute atomic E-state index is 0.0154. The first-order valence-corrected chi connectivity index (χ1v) is 5.30. The van der Waals surface area contributed by atoms with Gasteiger partial charge in [0, 0.05) is 5.92 Å². The highest BCUT2D eigenvalue weighted by Gasteiger charge is 2.40. The molecule has 2 aliphatic rings. The number of fused-ring (bicyclic) bond motifs is 1. The van der Waals surface area contributed by atoms with Crippen molar-refractivity contribution in [3.63, 3.8) is 0 Å². The van der Waals surface area contributed by atoms with E-state index >= 15 is 0 Å². The first-order valence-electron chi connectivity index (χ1n) is 4.22. The summed E-state index contributed by atoms with van der Waals surface area (Å²) in [5.41, 5.74) is 1.44. The second-order valence-corrected chi connectivity index (χ2v) is 4.67. The predicted octanol–water partition coefficient (Wildman–Crippen LogP) is 2.28. The molecule has 0 aromatic carbocycles. The first-order chi connectivity index (χ1) is 5.70. The molecular weight excluding hydrogens is 267 g/mol.